The molecule has 6 heteroatoms. The van der Waals surface area contributed by atoms with E-state index >= 15 is 0 Å². The molecule has 0 aliphatic carbocycles. The highest BCUT2D eigenvalue weighted by Gasteiger charge is 2.23. The van der Waals surface area contributed by atoms with Crippen molar-refractivity contribution in [1.82, 2.24) is 14.5 Å². The van der Waals surface area contributed by atoms with Gasteiger partial charge in [-0.05, 0) is 32.0 Å². The van der Waals surface area contributed by atoms with Crippen LogP contribution in [0.3, 0.4) is 0 Å². The number of alkyl halides is 1. The normalized spacial score (nSPS) is 12.7. The quantitative estimate of drug-likeness (QED) is 0.814. The van der Waals surface area contributed by atoms with Crippen LogP contribution in [-0.4, -0.2) is 34.0 Å². The summed E-state index contributed by atoms with van der Waals surface area (Å²) in [6.07, 6.45) is 0. The van der Waals surface area contributed by atoms with E-state index < -0.39 is 6.04 Å². The number of likely N-dealkylation sites (N-methyl/N-ethyl adjacent to an activating group) is 1. The molecule has 2 rings (SSSR count). The number of nitrogens with zero attached hydrogens (tertiary/aromatic N) is 3. The first-order chi connectivity index (χ1) is 9.49. The Balaban J connectivity index is 2.56. The van der Waals surface area contributed by atoms with Crippen molar-refractivity contribution in [3.8, 4) is 0 Å². The number of hydrogen-bond donors (Lipinski definition) is 0. The lowest BCUT2D eigenvalue weighted by Crippen LogP contribution is -2.33. The van der Waals surface area contributed by atoms with Crippen molar-refractivity contribution in [3.05, 3.63) is 29.8 Å². The summed E-state index contributed by atoms with van der Waals surface area (Å²) in [4.78, 5) is 18.3. The minimum absolute atomic E-state index is 0.0533. The molecule has 0 radical (unpaired) electrons. The fourth-order valence-corrected chi connectivity index (χ4v) is 2.42. The van der Waals surface area contributed by atoms with Gasteiger partial charge >= 0.3 is 0 Å². The maximum atomic E-state index is 13.4. The molecule has 4 nitrogen and oxygen atoms in total. The van der Waals surface area contributed by atoms with E-state index in [1.807, 2.05) is 6.92 Å². The van der Waals surface area contributed by atoms with Gasteiger partial charge in [-0.2, -0.15) is 0 Å². The van der Waals surface area contributed by atoms with Crippen LogP contribution in [0.2, 0.25) is 0 Å². The second kappa shape index (κ2) is 5.79. The van der Waals surface area contributed by atoms with E-state index in [1.165, 1.54) is 12.1 Å². The van der Waals surface area contributed by atoms with E-state index in [9.17, 15) is 9.18 Å². The van der Waals surface area contributed by atoms with Crippen LogP contribution >= 0.6 is 11.6 Å². The molecule has 1 aromatic carbocycles. The molecule has 0 spiro atoms. The number of rotatable bonds is 4. The van der Waals surface area contributed by atoms with Crippen molar-refractivity contribution in [1.29, 1.82) is 0 Å². The number of imidazole rings is 1. The summed E-state index contributed by atoms with van der Waals surface area (Å²) in [7, 11) is 1.74. The van der Waals surface area contributed by atoms with Crippen molar-refractivity contribution in [2.24, 2.45) is 0 Å². The van der Waals surface area contributed by atoms with Crippen LogP contribution in [0.15, 0.2) is 18.2 Å². The lowest BCUT2D eigenvalue weighted by Gasteiger charge is -2.22. The number of fused-ring (bicyclic) bond motifs is 1. The van der Waals surface area contributed by atoms with Crippen LogP contribution in [0, 0.1) is 5.82 Å². The third-order valence-electron chi connectivity index (χ3n) is 3.44. The van der Waals surface area contributed by atoms with Crippen molar-refractivity contribution in [2.75, 3.05) is 13.6 Å². The minimum atomic E-state index is -0.472. The summed E-state index contributed by atoms with van der Waals surface area (Å²) >= 11 is 5.90. The Kier molecular flexibility index (Phi) is 4.28. The zero-order valence-corrected chi connectivity index (χ0v) is 12.5. The summed E-state index contributed by atoms with van der Waals surface area (Å²) in [6, 6.07) is 3.86. The summed E-state index contributed by atoms with van der Waals surface area (Å²) in [5.74, 6) is 0.326. The molecule has 20 heavy (non-hydrogen) atoms. The number of carbonyl (C=O) groups excluding carboxylic acids is 1. The Bertz CT molecular complexity index is 641. The smallest absolute Gasteiger partial charge is 0.245 e. The van der Waals surface area contributed by atoms with Crippen LogP contribution in [0.25, 0.3) is 11.0 Å². The summed E-state index contributed by atoms with van der Waals surface area (Å²) in [5.41, 5.74) is 1.23. The number of halogens is 2. The summed E-state index contributed by atoms with van der Waals surface area (Å²) < 4.78 is 15.2. The van der Waals surface area contributed by atoms with E-state index in [1.54, 1.807) is 29.5 Å². The number of hydrogen-bond acceptors (Lipinski definition) is 2. The van der Waals surface area contributed by atoms with E-state index in [0.29, 0.717) is 23.4 Å². The Hall–Kier alpha value is -1.62. The highest BCUT2D eigenvalue weighted by Crippen LogP contribution is 2.24. The third-order valence-corrected chi connectivity index (χ3v) is 3.68. The number of benzene rings is 1. The van der Waals surface area contributed by atoms with Gasteiger partial charge in [0.25, 0.3) is 0 Å². The first-order valence-electron chi connectivity index (χ1n) is 6.46. The second-order valence-corrected chi connectivity index (χ2v) is 4.96. The maximum absolute atomic E-state index is 13.4. The number of amides is 1. The van der Waals surface area contributed by atoms with E-state index in [2.05, 4.69) is 4.98 Å². The molecule has 0 aliphatic rings. The highest BCUT2D eigenvalue weighted by molar-refractivity contribution is 6.16. The molecule has 0 aliphatic heterocycles. The van der Waals surface area contributed by atoms with Crippen LogP contribution in [0.1, 0.15) is 25.7 Å². The van der Waals surface area contributed by atoms with Gasteiger partial charge in [-0.3, -0.25) is 4.79 Å². The molecule has 0 saturated heterocycles. The van der Waals surface area contributed by atoms with Gasteiger partial charge in [-0.1, -0.05) is 0 Å². The van der Waals surface area contributed by atoms with Crippen LogP contribution in [0.5, 0.6) is 0 Å². The van der Waals surface area contributed by atoms with E-state index in [0.717, 1.165) is 0 Å². The molecule has 2 aromatic rings. The molecular weight excluding hydrogens is 281 g/mol. The standard InChI is InChI=1S/C14H17ClFN3O/c1-4-18(3)14(20)9(2)19-12-7-10(16)5-6-11(12)17-13(19)8-15/h5-7,9H,4,8H2,1-3H3. The van der Waals surface area contributed by atoms with Crippen LogP contribution in [-0.2, 0) is 10.7 Å². The van der Waals surface area contributed by atoms with Crippen LogP contribution in [0.4, 0.5) is 4.39 Å². The van der Waals surface area contributed by atoms with Crippen LogP contribution < -0.4 is 0 Å². The first-order valence-corrected chi connectivity index (χ1v) is 7.00. The van der Waals surface area contributed by atoms with Gasteiger partial charge in [0.05, 0.1) is 16.9 Å². The molecule has 0 bridgehead atoms. The summed E-state index contributed by atoms with van der Waals surface area (Å²) in [6.45, 7) is 4.29. The largest absolute Gasteiger partial charge is 0.344 e. The zero-order chi connectivity index (χ0) is 14.9. The topological polar surface area (TPSA) is 38.1 Å². The molecule has 0 N–H and O–H groups in total. The Morgan fingerprint density at radius 1 is 1.55 bits per heavy atom. The summed E-state index contributed by atoms with van der Waals surface area (Å²) in [5, 5.41) is 0. The fourth-order valence-electron chi connectivity index (χ4n) is 2.23. The monoisotopic (exact) mass is 297 g/mol. The minimum Gasteiger partial charge on any atom is -0.344 e. The number of carbonyl (C=O) groups is 1. The lowest BCUT2D eigenvalue weighted by molar-refractivity contribution is -0.132. The Morgan fingerprint density at radius 3 is 2.85 bits per heavy atom. The second-order valence-electron chi connectivity index (χ2n) is 4.69. The Morgan fingerprint density at radius 2 is 2.25 bits per heavy atom. The third kappa shape index (κ3) is 2.50. The van der Waals surface area contributed by atoms with Crippen molar-refractivity contribution in [2.45, 2.75) is 25.8 Å². The van der Waals surface area contributed by atoms with E-state index in [4.69, 9.17) is 11.6 Å². The van der Waals surface area contributed by atoms with Gasteiger partial charge in [0.15, 0.2) is 0 Å². The molecule has 0 fully saturated rings. The number of aromatic nitrogens is 2. The molecule has 108 valence electrons. The molecular formula is C14H17ClFN3O. The average Bonchev–Trinajstić information content (AvgIpc) is 2.82. The molecule has 0 saturated carbocycles. The molecule has 1 amide bonds. The van der Waals surface area contributed by atoms with Gasteiger partial charge in [-0.15, -0.1) is 11.6 Å². The first kappa shape index (κ1) is 14.8. The van der Waals surface area contributed by atoms with Gasteiger partial charge in [0.1, 0.15) is 17.7 Å². The predicted molar refractivity (Wildman–Crippen MR) is 77.3 cm³/mol. The van der Waals surface area contributed by atoms with Gasteiger partial charge in [-0.25, -0.2) is 9.37 Å². The van der Waals surface area contributed by atoms with Crippen molar-refractivity contribution < 1.29 is 9.18 Å². The molecule has 1 heterocycles. The van der Waals surface area contributed by atoms with Crippen molar-refractivity contribution >= 4 is 28.5 Å². The van der Waals surface area contributed by atoms with E-state index in [-0.39, 0.29) is 17.6 Å². The fraction of sp³-hybridized carbons (Fsp3) is 0.429. The molecule has 1 atom stereocenters. The molecule has 1 unspecified atom stereocenters. The van der Waals surface area contributed by atoms with Gasteiger partial charge in [0, 0.05) is 13.6 Å². The lowest BCUT2D eigenvalue weighted by atomic mass is 10.2. The Labute approximate surface area is 122 Å². The maximum Gasteiger partial charge on any atom is 0.245 e. The zero-order valence-electron chi connectivity index (χ0n) is 11.7. The highest BCUT2D eigenvalue weighted by atomic mass is 35.5. The average molecular weight is 298 g/mol. The SMILES string of the molecule is CCN(C)C(=O)C(C)n1c(CCl)nc2ccc(F)cc21. The van der Waals surface area contributed by atoms with Gasteiger partial charge in [0.2, 0.25) is 5.91 Å². The predicted octanol–water partition coefficient (Wildman–Crippen LogP) is 2.95. The van der Waals surface area contributed by atoms with Gasteiger partial charge < -0.3 is 9.47 Å². The molecule has 1 aromatic heterocycles. The van der Waals surface area contributed by atoms with Crippen molar-refractivity contribution in [3.63, 3.8) is 0 Å².